The fraction of sp³-hybridized carbons (Fsp3) is 0.179. The lowest BCUT2D eigenvalue weighted by molar-refractivity contribution is -0.113. The van der Waals surface area contributed by atoms with Crippen molar-refractivity contribution in [3.63, 3.8) is 0 Å². The predicted molar refractivity (Wildman–Crippen MR) is 141 cm³/mol. The van der Waals surface area contributed by atoms with Crippen LogP contribution in [0.1, 0.15) is 31.0 Å². The van der Waals surface area contributed by atoms with E-state index in [0.29, 0.717) is 34.6 Å². The highest BCUT2D eigenvalue weighted by Gasteiger charge is 2.31. The van der Waals surface area contributed by atoms with E-state index in [1.165, 1.54) is 5.56 Å². The summed E-state index contributed by atoms with van der Waals surface area (Å²) in [6.45, 7) is 3.94. The van der Waals surface area contributed by atoms with E-state index < -0.39 is 6.04 Å². The van der Waals surface area contributed by atoms with Gasteiger partial charge < -0.3 is 19.8 Å². The molecule has 0 saturated heterocycles. The number of aryl methyl sites for hydroxylation is 1. The zero-order valence-electron chi connectivity index (χ0n) is 20.3. The van der Waals surface area contributed by atoms with Crippen molar-refractivity contribution in [1.29, 1.82) is 0 Å². The Balaban J connectivity index is 1.49. The number of aliphatic imine (C=N–C) groups is 1. The number of nitrogens with zero attached hydrogens (tertiary/aromatic N) is 2. The Bertz CT molecular complexity index is 1440. The molecule has 1 aliphatic heterocycles. The van der Waals surface area contributed by atoms with Crippen molar-refractivity contribution in [3.05, 3.63) is 95.2 Å². The minimum absolute atomic E-state index is 0.246. The molecular formula is C28H27N5O3. The van der Waals surface area contributed by atoms with Crippen molar-refractivity contribution < 1.29 is 13.9 Å². The summed E-state index contributed by atoms with van der Waals surface area (Å²) < 4.78 is 11.4. The predicted octanol–water partition coefficient (Wildman–Crippen LogP) is 5.42. The molecular weight excluding hydrogens is 454 g/mol. The number of carbonyl (C=O) groups is 1. The summed E-state index contributed by atoms with van der Waals surface area (Å²) in [6.07, 6.45) is 0.933. The molecule has 0 aliphatic carbocycles. The first-order chi connectivity index (χ1) is 17.6. The minimum Gasteiger partial charge on any atom is -0.496 e. The van der Waals surface area contributed by atoms with Gasteiger partial charge in [-0.3, -0.25) is 10.1 Å². The summed E-state index contributed by atoms with van der Waals surface area (Å²) in [5.41, 5.74) is 5.23. The number of rotatable bonds is 6. The van der Waals surface area contributed by atoms with Crippen molar-refractivity contribution in [1.82, 2.24) is 10.3 Å². The van der Waals surface area contributed by atoms with Gasteiger partial charge >= 0.3 is 6.01 Å². The van der Waals surface area contributed by atoms with Gasteiger partial charge in [-0.2, -0.15) is 4.98 Å². The van der Waals surface area contributed by atoms with Crippen LogP contribution in [0.2, 0.25) is 0 Å². The lowest BCUT2D eigenvalue weighted by atomic mass is 9.94. The topological polar surface area (TPSA) is 101 Å². The molecule has 182 valence electrons. The van der Waals surface area contributed by atoms with E-state index in [1.807, 2.05) is 79.7 Å². The number of para-hydroxylation sites is 3. The molecule has 0 saturated carbocycles. The first-order valence-corrected chi connectivity index (χ1v) is 11.8. The minimum atomic E-state index is -0.621. The lowest BCUT2D eigenvalue weighted by Gasteiger charge is -2.27. The van der Waals surface area contributed by atoms with Gasteiger partial charge in [0.25, 0.3) is 5.91 Å². The maximum Gasteiger partial charge on any atom is 0.302 e. The van der Waals surface area contributed by atoms with Gasteiger partial charge in [0.15, 0.2) is 5.58 Å². The van der Waals surface area contributed by atoms with E-state index in [4.69, 9.17) is 14.1 Å². The first-order valence-electron chi connectivity index (χ1n) is 11.8. The molecule has 8 nitrogen and oxygen atoms in total. The molecule has 3 N–H and O–H groups in total. The smallest absolute Gasteiger partial charge is 0.302 e. The summed E-state index contributed by atoms with van der Waals surface area (Å²) in [5.74, 6) is 0.809. The summed E-state index contributed by atoms with van der Waals surface area (Å²) in [7, 11) is 1.60. The molecule has 1 unspecified atom stereocenters. The average molecular weight is 482 g/mol. The van der Waals surface area contributed by atoms with E-state index in [0.717, 1.165) is 23.2 Å². The van der Waals surface area contributed by atoms with Crippen molar-refractivity contribution in [3.8, 4) is 5.75 Å². The molecule has 36 heavy (non-hydrogen) atoms. The Labute approximate surface area is 209 Å². The van der Waals surface area contributed by atoms with E-state index in [2.05, 4.69) is 27.9 Å². The molecule has 1 aromatic heterocycles. The summed E-state index contributed by atoms with van der Waals surface area (Å²) >= 11 is 0. The Morgan fingerprint density at radius 1 is 1.06 bits per heavy atom. The van der Waals surface area contributed by atoms with Crippen molar-refractivity contribution in [2.45, 2.75) is 26.3 Å². The Morgan fingerprint density at radius 3 is 2.56 bits per heavy atom. The number of ether oxygens (including phenoxy) is 1. The number of aromatic nitrogens is 1. The number of oxazole rings is 1. The van der Waals surface area contributed by atoms with E-state index in [-0.39, 0.29) is 5.91 Å². The van der Waals surface area contributed by atoms with Crippen LogP contribution in [-0.2, 0) is 11.2 Å². The maximum atomic E-state index is 13.5. The third-order valence-corrected chi connectivity index (χ3v) is 6.06. The van der Waals surface area contributed by atoms with Gasteiger partial charge in [0.1, 0.15) is 17.3 Å². The highest BCUT2D eigenvalue weighted by Crippen LogP contribution is 2.36. The van der Waals surface area contributed by atoms with Gasteiger partial charge in [-0.1, -0.05) is 49.4 Å². The molecule has 0 fully saturated rings. The Hall–Kier alpha value is -4.59. The van der Waals surface area contributed by atoms with Crippen molar-refractivity contribution >= 4 is 34.7 Å². The summed E-state index contributed by atoms with van der Waals surface area (Å²) in [4.78, 5) is 22.8. The van der Waals surface area contributed by atoms with Crippen LogP contribution in [-0.4, -0.2) is 24.0 Å². The second kappa shape index (κ2) is 9.95. The van der Waals surface area contributed by atoms with E-state index in [9.17, 15) is 4.79 Å². The number of hydrogen-bond acceptors (Lipinski definition) is 7. The third kappa shape index (κ3) is 4.65. The standard InChI is InChI=1S/C28H27N5O3/c1-4-18-13-15-19(16-14-18)30-26(34)24-17(2)29-27(32-25(24)20-9-5-7-11-22(20)35-3)33-28-31-21-10-6-8-12-23(21)36-28/h5-16,25H,4H2,1-3H3,(H,30,34)(H2,29,31,32,33). The zero-order valence-corrected chi connectivity index (χ0v) is 20.3. The number of hydrogen-bond donors (Lipinski definition) is 3. The quantitative estimate of drug-likeness (QED) is 0.340. The normalized spacial score (nSPS) is 15.3. The van der Waals surface area contributed by atoms with Crippen LogP contribution >= 0.6 is 0 Å². The zero-order chi connectivity index (χ0) is 25.1. The van der Waals surface area contributed by atoms with Crippen LogP contribution < -0.4 is 20.7 Å². The first kappa shape index (κ1) is 23.2. The largest absolute Gasteiger partial charge is 0.496 e. The summed E-state index contributed by atoms with van der Waals surface area (Å²) in [5, 5.41) is 9.33. The van der Waals surface area contributed by atoms with Crippen LogP contribution in [0.15, 0.2) is 93.5 Å². The molecule has 1 atom stereocenters. The lowest BCUT2D eigenvalue weighted by Crippen LogP contribution is -2.37. The van der Waals surface area contributed by atoms with Crippen molar-refractivity contribution in [2.75, 3.05) is 17.7 Å². The molecule has 4 aromatic rings. The van der Waals surface area contributed by atoms with E-state index in [1.54, 1.807) is 7.11 Å². The van der Waals surface area contributed by atoms with Crippen LogP contribution in [0.5, 0.6) is 5.75 Å². The van der Waals surface area contributed by atoms with Gasteiger partial charge in [0.05, 0.1) is 12.7 Å². The monoisotopic (exact) mass is 481 g/mol. The van der Waals surface area contributed by atoms with Gasteiger partial charge in [-0.15, -0.1) is 0 Å². The SMILES string of the molecule is CCc1ccc(NC(=O)C2=C(C)NC(Nc3nc4ccccc4o3)=NC2c2ccccc2OC)cc1. The molecule has 5 rings (SSSR count). The third-order valence-electron chi connectivity index (χ3n) is 6.06. The number of anilines is 2. The number of carbonyl (C=O) groups excluding carboxylic acids is 1. The van der Waals surface area contributed by atoms with Crippen LogP contribution in [0.25, 0.3) is 11.1 Å². The Morgan fingerprint density at radius 2 is 1.81 bits per heavy atom. The number of benzene rings is 3. The number of guanidine groups is 1. The van der Waals surface area contributed by atoms with Gasteiger partial charge in [0.2, 0.25) is 5.96 Å². The fourth-order valence-electron chi connectivity index (χ4n) is 4.20. The van der Waals surface area contributed by atoms with Crippen molar-refractivity contribution in [2.24, 2.45) is 4.99 Å². The molecule has 3 aromatic carbocycles. The molecule has 1 amide bonds. The average Bonchev–Trinajstić information content (AvgIpc) is 3.31. The molecule has 1 aliphatic rings. The number of methoxy groups -OCH3 is 1. The second-order valence-electron chi connectivity index (χ2n) is 8.40. The molecule has 0 bridgehead atoms. The van der Waals surface area contributed by atoms with Gasteiger partial charge in [-0.25, -0.2) is 4.99 Å². The maximum absolute atomic E-state index is 13.5. The summed E-state index contributed by atoms with van der Waals surface area (Å²) in [6, 6.07) is 22.6. The highest BCUT2D eigenvalue weighted by molar-refractivity contribution is 6.07. The molecule has 2 heterocycles. The fourth-order valence-corrected chi connectivity index (χ4v) is 4.20. The highest BCUT2D eigenvalue weighted by atomic mass is 16.5. The molecule has 0 spiro atoms. The van der Waals surface area contributed by atoms with Crippen LogP contribution in [0.4, 0.5) is 11.7 Å². The van der Waals surface area contributed by atoms with Gasteiger partial charge in [-0.05, 0) is 49.2 Å². The van der Waals surface area contributed by atoms with Crippen LogP contribution in [0.3, 0.4) is 0 Å². The molecule has 0 radical (unpaired) electrons. The Kier molecular flexibility index (Phi) is 6.40. The number of allylic oxidation sites excluding steroid dienone is 1. The number of fused-ring (bicyclic) bond motifs is 1. The number of nitrogens with one attached hydrogen (secondary N) is 3. The molecule has 8 heteroatoms. The van der Waals surface area contributed by atoms with E-state index >= 15 is 0 Å². The van der Waals surface area contributed by atoms with Crippen LogP contribution in [0, 0.1) is 0 Å². The second-order valence-corrected chi connectivity index (χ2v) is 8.40. The van der Waals surface area contributed by atoms with Gasteiger partial charge in [0, 0.05) is 16.9 Å². The number of amides is 1.